The largest absolute Gasteiger partial charge is 0.544 e. The summed E-state index contributed by atoms with van der Waals surface area (Å²) in [5, 5.41) is 0. The molecule has 0 unspecified atom stereocenters. The monoisotopic (exact) mass is 418 g/mol. The number of benzene rings is 2. The van der Waals surface area contributed by atoms with E-state index in [1.165, 1.54) is 0 Å². The maximum absolute atomic E-state index is 13.4. The Kier molecular flexibility index (Phi) is 6.61. The molecule has 2 aromatic carbocycles. The van der Waals surface area contributed by atoms with E-state index in [-0.39, 0.29) is 5.78 Å². The van der Waals surface area contributed by atoms with Gasteiger partial charge in [-0.05, 0) is 63.5 Å². The highest BCUT2D eigenvalue weighted by Crippen LogP contribution is 2.34. The molecule has 2 rings (SSSR count). The fourth-order valence-corrected chi connectivity index (χ4v) is 4.27. The second kappa shape index (κ2) is 8.40. The predicted molar refractivity (Wildman–Crippen MR) is 117 cm³/mol. The molecule has 0 atom stereocenters. The molecule has 0 N–H and O–H groups in total. The molecule has 7 heteroatoms. The van der Waals surface area contributed by atoms with Crippen molar-refractivity contribution in [2.45, 2.75) is 39.3 Å². The molecule has 0 fully saturated rings. The second-order valence-electron chi connectivity index (χ2n) is 8.48. The number of ether oxygens (including phenoxy) is 2. The van der Waals surface area contributed by atoms with Crippen molar-refractivity contribution in [3.8, 4) is 23.0 Å². The van der Waals surface area contributed by atoms with Crippen molar-refractivity contribution in [1.82, 2.24) is 0 Å². The number of carbonyl (C=O) groups is 1. The van der Waals surface area contributed by atoms with Gasteiger partial charge in [0, 0.05) is 12.1 Å². The Balaban J connectivity index is 2.56. The summed E-state index contributed by atoms with van der Waals surface area (Å²) in [6, 6.07) is 10.6. The van der Waals surface area contributed by atoms with Gasteiger partial charge in [0.15, 0.2) is 5.78 Å². The van der Waals surface area contributed by atoms with Crippen LogP contribution >= 0.6 is 0 Å². The van der Waals surface area contributed by atoms with Crippen LogP contribution in [-0.4, -0.2) is 36.6 Å². The van der Waals surface area contributed by atoms with Crippen LogP contribution in [0.5, 0.6) is 23.0 Å². The van der Waals surface area contributed by atoms with E-state index < -0.39 is 16.6 Å². The Hall–Kier alpha value is -2.26. The van der Waals surface area contributed by atoms with Gasteiger partial charge >= 0.3 is 0 Å². The van der Waals surface area contributed by atoms with E-state index in [9.17, 15) is 4.79 Å². The molecular formula is C21H30O5Si2. The number of methoxy groups -OCH3 is 2. The van der Waals surface area contributed by atoms with E-state index in [1.807, 2.05) is 0 Å². The quantitative estimate of drug-likeness (QED) is 0.426. The minimum absolute atomic E-state index is 0.146. The average Bonchev–Trinajstić information content (AvgIpc) is 2.58. The summed E-state index contributed by atoms with van der Waals surface area (Å²) in [7, 11) is -0.670. The SMILES string of the molecule is COc1ccc(C(=O)c2ccc(OC)cc2O[Si](C)(C)C)c(O[Si](C)(C)C)c1. The second-order valence-corrected chi connectivity index (χ2v) is 17.3. The molecule has 0 saturated heterocycles. The lowest BCUT2D eigenvalue weighted by molar-refractivity contribution is 0.103. The van der Waals surface area contributed by atoms with Gasteiger partial charge in [0.05, 0.1) is 25.3 Å². The van der Waals surface area contributed by atoms with E-state index in [1.54, 1.807) is 50.6 Å². The van der Waals surface area contributed by atoms with Crippen molar-refractivity contribution in [3.63, 3.8) is 0 Å². The van der Waals surface area contributed by atoms with Gasteiger partial charge in [0.1, 0.15) is 23.0 Å². The van der Waals surface area contributed by atoms with Crippen LogP contribution in [-0.2, 0) is 0 Å². The molecule has 0 aliphatic heterocycles. The van der Waals surface area contributed by atoms with E-state index in [4.69, 9.17) is 18.3 Å². The highest BCUT2D eigenvalue weighted by atomic mass is 28.4. The lowest BCUT2D eigenvalue weighted by Gasteiger charge is -2.24. The van der Waals surface area contributed by atoms with Crippen molar-refractivity contribution in [2.24, 2.45) is 0 Å². The Morgan fingerprint density at radius 1 is 0.679 bits per heavy atom. The van der Waals surface area contributed by atoms with Gasteiger partial charge in [0.25, 0.3) is 0 Å². The molecule has 0 bridgehead atoms. The lowest BCUT2D eigenvalue weighted by Crippen LogP contribution is -2.31. The minimum atomic E-state index is -1.93. The van der Waals surface area contributed by atoms with Gasteiger partial charge in [0.2, 0.25) is 16.6 Å². The topological polar surface area (TPSA) is 54.0 Å². The maximum atomic E-state index is 13.4. The van der Waals surface area contributed by atoms with Crippen LogP contribution in [0, 0.1) is 0 Å². The molecule has 0 heterocycles. The van der Waals surface area contributed by atoms with Crippen LogP contribution in [0.1, 0.15) is 15.9 Å². The number of hydrogen-bond donors (Lipinski definition) is 0. The normalized spacial score (nSPS) is 11.7. The van der Waals surface area contributed by atoms with Gasteiger partial charge in [-0.2, -0.15) is 0 Å². The predicted octanol–water partition coefficient (Wildman–Crippen LogP) is 5.36. The molecule has 0 spiro atoms. The zero-order valence-corrected chi connectivity index (χ0v) is 20.0. The smallest absolute Gasteiger partial charge is 0.242 e. The highest BCUT2D eigenvalue weighted by Gasteiger charge is 2.26. The average molecular weight is 419 g/mol. The van der Waals surface area contributed by atoms with Gasteiger partial charge in [-0.15, -0.1) is 0 Å². The first-order valence-corrected chi connectivity index (χ1v) is 16.0. The standard InChI is InChI=1S/C21H30O5Si2/c1-23-15-9-11-17(19(13-15)25-27(3,4)5)21(22)18-12-10-16(24-2)14-20(18)26-28(6,7)8/h9-14H,1-8H3. The molecule has 0 aromatic heterocycles. The summed E-state index contributed by atoms with van der Waals surface area (Å²) in [5.74, 6) is 2.24. The fraction of sp³-hybridized carbons (Fsp3) is 0.381. The van der Waals surface area contributed by atoms with Crippen molar-refractivity contribution in [3.05, 3.63) is 47.5 Å². The maximum Gasteiger partial charge on any atom is 0.242 e. The van der Waals surface area contributed by atoms with Gasteiger partial charge in [-0.25, -0.2) is 0 Å². The third-order valence-corrected chi connectivity index (χ3v) is 5.36. The summed E-state index contributed by atoms with van der Waals surface area (Å²) in [4.78, 5) is 13.4. The van der Waals surface area contributed by atoms with Crippen LogP contribution < -0.4 is 18.3 Å². The first-order chi connectivity index (χ1) is 12.9. The highest BCUT2D eigenvalue weighted by molar-refractivity contribution is 6.70. The zero-order chi connectivity index (χ0) is 21.1. The minimum Gasteiger partial charge on any atom is -0.544 e. The summed E-state index contributed by atoms with van der Waals surface area (Å²) in [6.07, 6.45) is 0. The van der Waals surface area contributed by atoms with Gasteiger partial charge in [-0.3, -0.25) is 4.79 Å². The Morgan fingerprint density at radius 2 is 1.04 bits per heavy atom. The van der Waals surface area contributed by atoms with E-state index in [0.717, 1.165) is 0 Å². The molecule has 152 valence electrons. The Labute approximate surface area is 169 Å². The Morgan fingerprint density at radius 3 is 1.32 bits per heavy atom. The molecule has 28 heavy (non-hydrogen) atoms. The van der Waals surface area contributed by atoms with Crippen LogP contribution in [0.2, 0.25) is 39.3 Å². The van der Waals surface area contributed by atoms with Gasteiger partial charge in [-0.1, -0.05) is 0 Å². The third-order valence-electron chi connectivity index (χ3n) is 3.70. The fourth-order valence-electron chi connectivity index (χ4n) is 2.61. The third kappa shape index (κ3) is 5.87. The van der Waals surface area contributed by atoms with Crippen LogP contribution in [0.25, 0.3) is 0 Å². The van der Waals surface area contributed by atoms with E-state index >= 15 is 0 Å². The summed E-state index contributed by atoms with van der Waals surface area (Å²) < 4.78 is 23.0. The van der Waals surface area contributed by atoms with Crippen LogP contribution in [0.15, 0.2) is 36.4 Å². The lowest BCUT2D eigenvalue weighted by atomic mass is 10.0. The van der Waals surface area contributed by atoms with Crippen molar-refractivity contribution in [2.75, 3.05) is 14.2 Å². The number of hydrogen-bond acceptors (Lipinski definition) is 5. The summed E-state index contributed by atoms with van der Waals surface area (Å²) >= 11 is 0. The molecule has 0 aliphatic rings. The van der Waals surface area contributed by atoms with E-state index in [0.29, 0.717) is 34.1 Å². The van der Waals surface area contributed by atoms with Crippen molar-refractivity contribution >= 4 is 22.4 Å². The number of ketones is 1. The summed E-state index contributed by atoms with van der Waals surface area (Å²) in [6.45, 7) is 12.5. The Bertz CT molecular complexity index is 781. The molecule has 0 amide bonds. The molecule has 2 aromatic rings. The molecular weight excluding hydrogens is 388 g/mol. The first-order valence-electron chi connectivity index (χ1n) is 9.22. The van der Waals surface area contributed by atoms with E-state index in [2.05, 4.69) is 39.3 Å². The number of carbonyl (C=O) groups excluding carboxylic acids is 1. The van der Waals surface area contributed by atoms with Crippen LogP contribution in [0.3, 0.4) is 0 Å². The molecule has 5 nitrogen and oxygen atoms in total. The molecule has 0 aliphatic carbocycles. The number of rotatable bonds is 8. The van der Waals surface area contributed by atoms with Gasteiger partial charge < -0.3 is 18.3 Å². The molecule has 0 saturated carbocycles. The summed E-state index contributed by atoms with van der Waals surface area (Å²) in [5.41, 5.74) is 0.989. The first kappa shape index (κ1) is 22.0. The van der Waals surface area contributed by atoms with Crippen molar-refractivity contribution < 1.29 is 23.1 Å². The van der Waals surface area contributed by atoms with Crippen molar-refractivity contribution in [1.29, 1.82) is 0 Å². The molecule has 0 radical (unpaired) electrons. The zero-order valence-electron chi connectivity index (χ0n) is 18.0. The van der Waals surface area contributed by atoms with Crippen LogP contribution in [0.4, 0.5) is 0 Å².